The number of fused-ring (bicyclic) bond motifs is 1. The molecule has 6 nitrogen and oxygen atoms in total. The van der Waals surface area contributed by atoms with E-state index in [2.05, 4.69) is 0 Å². The van der Waals surface area contributed by atoms with E-state index in [0.717, 1.165) is 0 Å². The fourth-order valence-corrected chi connectivity index (χ4v) is 3.14. The number of hydrogen-bond donors (Lipinski definition) is 0. The summed E-state index contributed by atoms with van der Waals surface area (Å²) in [6.45, 7) is 1.80. The lowest BCUT2D eigenvalue weighted by molar-refractivity contribution is -0.133. The Bertz CT molecular complexity index is 633. The number of halogens is 2. The Morgan fingerprint density at radius 2 is 1.88 bits per heavy atom. The molecular formula is C17H21F2N3O3. The van der Waals surface area contributed by atoms with Crippen molar-refractivity contribution < 1.29 is 23.1 Å². The van der Waals surface area contributed by atoms with Crippen molar-refractivity contribution in [3.8, 4) is 5.75 Å². The van der Waals surface area contributed by atoms with Crippen LogP contribution < -0.4 is 9.64 Å². The fourth-order valence-electron chi connectivity index (χ4n) is 3.14. The molecule has 2 aliphatic rings. The highest BCUT2D eigenvalue weighted by atomic mass is 19.3. The van der Waals surface area contributed by atoms with Crippen LogP contribution in [0.4, 0.5) is 14.5 Å². The Morgan fingerprint density at radius 1 is 1.16 bits per heavy atom. The van der Waals surface area contributed by atoms with Crippen LogP contribution in [0.15, 0.2) is 24.3 Å². The Hall–Kier alpha value is -2.22. The van der Waals surface area contributed by atoms with Gasteiger partial charge in [0, 0.05) is 39.1 Å². The van der Waals surface area contributed by atoms with Gasteiger partial charge in [-0.05, 0) is 12.1 Å². The number of piperazine rings is 1. The zero-order valence-electron chi connectivity index (χ0n) is 13.9. The maximum atomic E-state index is 12.4. The summed E-state index contributed by atoms with van der Waals surface area (Å²) in [4.78, 5) is 29.4. The summed E-state index contributed by atoms with van der Waals surface area (Å²) in [6, 6.07) is 7.23. The summed E-state index contributed by atoms with van der Waals surface area (Å²) < 4.78 is 30.2. The minimum absolute atomic E-state index is 0.0303. The molecular weight excluding hydrogens is 332 g/mol. The SMILES string of the molecule is O=C(CCN1C(=O)COc2ccccc21)N1CCN(CC(F)F)CC1. The lowest BCUT2D eigenvalue weighted by Crippen LogP contribution is -2.50. The van der Waals surface area contributed by atoms with E-state index in [4.69, 9.17) is 4.74 Å². The highest BCUT2D eigenvalue weighted by molar-refractivity contribution is 5.98. The van der Waals surface area contributed by atoms with Gasteiger partial charge >= 0.3 is 0 Å². The second-order valence-electron chi connectivity index (χ2n) is 6.12. The molecule has 2 aliphatic heterocycles. The number of para-hydroxylation sites is 2. The zero-order chi connectivity index (χ0) is 17.8. The Morgan fingerprint density at radius 3 is 2.60 bits per heavy atom. The molecule has 1 fully saturated rings. The van der Waals surface area contributed by atoms with E-state index >= 15 is 0 Å². The van der Waals surface area contributed by atoms with Gasteiger partial charge in [0.05, 0.1) is 12.2 Å². The van der Waals surface area contributed by atoms with Crippen LogP contribution >= 0.6 is 0 Å². The molecule has 0 N–H and O–H groups in total. The monoisotopic (exact) mass is 353 g/mol. The van der Waals surface area contributed by atoms with Gasteiger partial charge in [0.25, 0.3) is 12.3 Å². The number of nitrogens with zero attached hydrogens (tertiary/aromatic N) is 3. The molecule has 0 bridgehead atoms. The number of rotatable bonds is 5. The van der Waals surface area contributed by atoms with E-state index < -0.39 is 6.43 Å². The van der Waals surface area contributed by atoms with E-state index in [9.17, 15) is 18.4 Å². The standard InChI is InChI=1S/C17H21F2N3O3/c18-15(19)11-20-7-9-21(10-8-20)16(23)5-6-22-13-3-1-2-4-14(13)25-12-17(22)24/h1-4,15H,5-12H2. The molecule has 8 heteroatoms. The van der Waals surface area contributed by atoms with Crippen LogP contribution in [0.2, 0.25) is 0 Å². The van der Waals surface area contributed by atoms with Gasteiger partial charge in [-0.2, -0.15) is 0 Å². The quantitative estimate of drug-likeness (QED) is 0.799. The molecule has 0 aliphatic carbocycles. The third-order valence-corrected chi connectivity index (χ3v) is 4.48. The summed E-state index contributed by atoms with van der Waals surface area (Å²) in [5.41, 5.74) is 0.674. The van der Waals surface area contributed by atoms with Gasteiger partial charge in [0.15, 0.2) is 6.61 Å². The number of benzene rings is 1. The van der Waals surface area contributed by atoms with Crippen molar-refractivity contribution in [2.24, 2.45) is 0 Å². The molecule has 0 spiro atoms. The van der Waals surface area contributed by atoms with Crippen LogP contribution in [0.1, 0.15) is 6.42 Å². The molecule has 0 unspecified atom stereocenters. The van der Waals surface area contributed by atoms with Gasteiger partial charge in [0.1, 0.15) is 5.75 Å². The molecule has 25 heavy (non-hydrogen) atoms. The van der Waals surface area contributed by atoms with Crippen LogP contribution in [0, 0.1) is 0 Å². The van der Waals surface area contributed by atoms with Gasteiger partial charge in [-0.1, -0.05) is 12.1 Å². The van der Waals surface area contributed by atoms with Gasteiger partial charge in [-0.3, -0.25) is 14.5 Å². The third kappa shape index (κ3) is 4.25. The molecule has 3 rings (SSSR count). The molecule has 0 atom stereocenters. The first kappa shape index (κ1) is 17.6. The molecule has 0 aromatic heterocycles. The maximum absolute atomic E-state index is 12.4. The number of carbonyl (C=O) groups excluding carboxylic acids is 2. The number of anilines is 1. The van der Waals surface area contributed by atoms with Crippen LogP contribution in [0.3, 0.4) is 0 Å². The molecule has 136 valence electrons. The highest BCUT2D eigenvalue weighted by Gasteiger charge is 2.27. The largest absolute Gasteiger partial charge is 0.482 e. The van der Waals surface area contributed by atoms with Gasteiger partial charge < -0.3 is 14.5 Å². The van der Waals surface area contributed by atoms with Crippen LogP contribution in [0.25, 0.3) is 0 Å². The topological polar surface area (TPSA) is 53.1 Å². The van der Waals surface area contributed by atoms with E-state index in [1.165, 1.54) is 0 Å². The number of hydrogen-bond acceptors (Lipinski definition) is 4. The first-order chi connectivity index (χ1) is 12.0. The van der Waals surface area contributed by atoms with Crippen molar-refractivity contribution in [1.29, 1.82) is 0 Å². The first-order valence-corrected chi connectivity index (χ1v) is 8.35. The van der Waals surface area contributed by atoms with E-state index in [0.29, 0.717) is 37.6 Å². The van der Waals surface area contributed by atoms with E-state index in [-0.39, 0.29) is 37.9 Å². The second-order valence-corrected chi connectivity index (χ2v) is 6.12. The minimum Gasteiger partial charge on any atom is -0.482 e. The third-order valence-electron chi connectivity index (χ3n) is 4.48. The smallest absolute Gasteiger partial charge is 0.265 e. The van der Waals surface area contributed by atoms with Crippen molar-refractivity contribution in [3.63, 3.8) is 0 Å². The number of carbonyl (C=O) groups is 2. The summed E-state index contributed by atoms with van der Waals surface area (Å²) >= 11 is 0. The molecule has 1 aromatic rings. The van der Waals surface area contributed by atoms with Crippen LogP contribution in [-0.2, 0) is 9.59 Å². The molecule has 0 radical (unpaired) electrons. The van der Waals surface area contributed by atoms with Crippen LogP contribution in [-0.4, -0.2) is 73.9 Å². The van der Waals surface area contributed by atoms with Gasteiger partial charge in [-0.25, -0.2) is 8.78 Å². The van der Waals surface area contributed by atoms with Crippen molar-refractivity contribution in [3.05, 3.63) is 24.3 Å². The van der Waals surface area contributed by atoms with Crippen molar-refractivity contribution in [2.75, 3.05) is 50.8 Å². The van der Waals surface area contributed by atoms with Crippen molar-refractivity contribution in [1.82, 2.24) is 9.80 Å². The summed E-state index contributed by atoms with van der Waals surface area (Å²) in [7, 11) is 0. The Kier molecular flexibility index (Phi) is 5.47. The zero-order valence-corrected chi connectivity index (χ0v) is 13.9. The second kappa shape index (κ2) is 7.77. The first-order valence-electron chi connectivity index (χ1n) is 8.35. The normalized spacial score (nSPS) is 18.3. The molecule has 2 heterocycles. The van der Waals surface area contributed by atoms with E-state index in [1.54, 1.807) is 26.8 Å². The number of ether oxygens (including phenoxy) is 1. The lowest BCUT2D eigenvalue weighted by Gasteiger charge is -2.35. The maximum Gasteiger partial charge on any atom is 0.265 e. The Labute approximate surface area is 144 Å². The Balaban J connectivity index is 1.52. The highest BCUT2D eigenvalue weighted by Crippen LogP contribution is 2.31. The lowest BCUT2D eigenvalue weighted by atomic mass is 10.2. The van der Waals surface area contributed by atoms with Gasteiger partial charge in [0.2, 0.25) is 5.91 Å². The average molecular weight is 353 g/mol. The van der Waals surface area contributed by atoms with Crippen molar-refractivity contribution >= 4 is 17.5 Å². The summed E-state index contributed by atoms with van der Waals surface area (Å²) in [6.07, 6.45) is -2.15. The van der Waals surface area contributed by atoms with Crippen molar-refractivity contribution in [2.45, 2.75) is 12.8 Å². The fraction of sp³-hybridized carbons (Fsp3) is 0.529. The molecule has 0 saturated carbocycles. The molecule has 1 aromatic carbocycles. The predicted octanol–water partition coefficient (Wildman–Crippen LogP) is 1.21. The predicted molar refractivity (Wildman–Crippen MR) is 87.9 cm³/mol. The van der Waals surface area contributed by atoms with Gasteiger partial charge in [-0.15, -0.1) is 0 Å². The van der Waals surface area contributed by atoms with Crippen LogP contribution in [0.5, 0.6) is 5.75 Å². The summed E-state index contributed by atoms with van der Waals surface area (Å²) in [5.74, 6) is 0.400. The molecule has 1 saturated heterocycles. The average Bonchev–Trinajstić information content (AvgIpc) is 2.61. The molecule has 2 amide bonds. The summed E-state index contributed by atoms with van der Waals surface area (Å²) in [5, 5.41) is 0. The number of alkyl halides is 2. The minimum atomic E-state index is -2.35. The number of amides is 2. The van der Waals surface area contributed by atoms with E-state index in [1.807, 2.05) is 12.1 Å².